The molecule has 0 spiro atoms. The molecule has 76 valence electrons. The van der Waals surface area contributed by atoms with E-state index in [2.05, 4.69) is 0 Å². The molecule has 1 aliphatic rings. The van der Waals surface area contributed by atoms with Crippen LogP contribution in [0.4, 0.5) is 8.78 Å². The highest BCUT2D eigenvalue weighted by atomic mass is 32.2. The predicted molar refractivity (Wildman–Crippen MR) is 52.2 cm³/mol. The molecule has 1 aliphatic heterocycles. The van der Waals surface area contributed by atoms with Crippen LogP contribution >= 0.6 is 11.8 Å². The van der Waals surface area contributed by atoms with Crippen LogP contribution in [-0.2, 0) is 5.60 Å². The van der Waals surface area contributed by atoms with E-state index < -0.39 is 17.2 Å². The first-order chi connectivity index (χ1) is 6.63. The zero-order valence-corrected chi connectivity index (χ0v) is 8.28. The summed E-state index contributed by atoms with van der Waals surface area (Å²) in [5.74, 6) is -0.209. The van der Waals surface area contributed by atoms with Gasteiger partial charge in [0.15, 0.2) is 0 Å². The fourth-order valence-electron chi connectivity index (χ4n) is 1.69. The summed E-state index contributed by atoms with van der Waals surface area (Å²) < 4.78 is 26.7. The van der Waals surface area contributed by atoms with Gasteiger partial charge in [-0.25, -0.2) is 8.78 Å². The standard InChI is InChI=1S/C10H10F2OS/c11-7-2-1-3-8(12)9(7)10(13)4-5-14-6-10/h1-3,13H,4-6H2. The van der Waals surface area contributed by atoms with E-state index in [9.17, 15) is 13.9 Å². The Kier molecular flexibility index (Phi) is 2.49. The first-order valence-corrected chi connectivity index (χ1v) is 5.53. The summed E-state index contributed by atoms with van der Waals surface area (Å²) in [6.07, 6.45) is 0.412. The molecule has 0 saturated carbocycles. The number of aliphatic hydroxyl groups is 1. The first-order valence-electron chi connectivity index (χ1n) is 4.38. The van der Waals surface area contributed by atoms with Crippen LogP contribution in [0.1, 0.15) is 12.0 Å². The summed E-state index contributed by atoms with van der Waals surface area (Å²) in [5.41, 5.74) is -1.50. The van der Waals surface area contributed by atoms with Crippen LogP contribution < -0.4 is 0 Å². The Bertz CT molecular complexity index is 328. The molecule has 1 aromatic carbocycles. The van der Waals surface area contributed by atoms with Crippen LogP contribution in [-0.4, -0.2) is 16.6 Å². The van der Waals surface area contributed by atoms with Crippen molar-refractivity contribution in [1.29, 1.82) is 0 Å². The molecule has 4 heteroatoms. The number of hydrogen-bond donors (Lipinski definition) is 1. The third-order valence-electron chi connectivity index (χ3n) is 2.43. The highest BCUT2D eigenvalue weighted by Gasteiger charge is 2.38. The van der Waals surface area contributed by atoms with Crippen LogP contribution in [0.3, 0.4) is 0 Å². The summed E-state index contributed by atoms with van der Waals surface area (Å²) >= 11 is 1.51. The summed E-state index contributed by atoms with van der Waals surface area (Å²) in [7, 11) is 0. The Morgan fingerprint density at radius 2 is 1.93 bits per heavy atom. The molecule has 1 nitrogen and oxygen atoms in total. The molecule has 0 radical (unpaired) electrons. The maximum absolute atomic E-state index is 13.3. The van der Waals surface area contributed by atoms with Gasteiger partial charge >= 0.3 is 0 Å². The Morgan fingerprint density at radius 3 is 2.43 bits per heavy atom. The zero-order chi connectivity index (χ0) is 10.2. The maximum atomic E-state index is 13.3. The van der Waals surface area contributed by atoms with Gasteiger partial charge in [-0.3, -0.25) is 0 Å². The lowest BCUT2D eigenvalue weighted by atomic mass is 9.92. The molecular formula is C10H10F2OS. The molecule has 2 rings (SSSR count). The highest BCUT2D eigenvalue weighted by molar-refractivity contribution is 7.99. The molecule has 0 aromatic heterocycles. The summed E-state index contributed by atoms with van der Waals surface area (Å²) in [6, 6.07) is 3.67. The van der Waals surface area contributed by atoms with Crippen molar-refractivity contribution in [2.75, 3.05) is 11.5 Å². The van der Waals surface area contributed by atoms with Crippen molar-refractivity contribution in [2.24, 2.45) is 0 Å². The summed E-state index contributed by atoms with van der Waals surface area (Å²) in [6.45, 7) is 0. The van der Waals surface area contributed by atoms with Gasteiger partial charge in [0.05, 0.1) is 5.56 Å². The van der Waals surface area contributed by atoms with E-state index in [1.807, 2.05) is 0 Å². The van der Waals surface area contributed by atoms with Gasteiger partial charge in [-0.2, -0.15) is 11.8 Å². The predicted octanol–water partition coefficient (Wildman–Crippen LogP) is 2.29. The minimum Gasteiger partial charge on any atom is -0.384 e. The average Bonchev–Trinajstić information content (AvgIpc) is 2.52. The smallest absolute Gasteiger partial charge is 0.132 e. The van der Waals surface area contributed by atoms with E-state index in [1.165, 1.54) is 30.0 Å². The molecule has 0 aliphatic carbocycles. The fourth-order valence-corrected chi connectivity index (χ4v) is 2.95. The lowest BCUT2D eigenvalue weighted by Crippen LogP contribution is -2.27. The fraction of sp³-hybridized carbons (Fsp3) is 0.400. The average molecular weight is 216 g/mol. The van der Waals surface area contributed by atoms with Crippen molar-refractivity contribution in [3.05, 3.63) is 35.4 Å². The van der Waals surface area contributed by atoms with Crippen molar-refractivity contribution >= 4 is 11.8 Å². The minimum atomic E-state index is -1.32. The Balaban J connectivity index is 2.49. The lowest BCUT2D eigenvalue weighted by Gasteiger charge is -2.22. The molecular weight excluding hydrogens is 206 g/mol. The summed E-state index contributed by atoms with van der Waals surface area (Å²) in [5, 5.41) is 10.0. The maximum Gasteiger partial charge on any atom is 0.132 e. The van der Waals surface area contributed by atoms with Crippen molar-refractivity contribution in [1.82, 2.24) is 0 Å². The van der Waals surface area contributed by atoms with Gasteiger partial charge in [0.1, 0.15) is 17.2 Å². The number of thioether (sulfide) groups is 1. The number of halogens is 2. The van der Waals surface area contributed by atoms with Crippen LogP contribution in [0.5, 0.6) is 0 Å². The lowest BCUT2D eigenvalue weighted by molar-refractivity contribution is 0.0577. The Labute approximate surface area is 85.1 Å². The summed E-state index contributed by atoms with van der Waals surface area (Å²) in [4.78, 5) is 0. The van der Waals surface area contributed by atoms with Crippen molar-refractivity contribution in [3.8, 4) is 0 Å². The molecule has 1 saturated heterocycles. The van der Waals surface area contributed by atoms with E-state index in [-0.39, 0.29) is 5.56 Å². The second-order valence-corrected chi connectivity index (χ2v) is 4.54. The van der Waals surface area contributed by atoms with Crippen LogP contribution in [0, 0.1) is 11.6 Å². The SMILES string of the molecule is OC1(c2c(F)cccc2F)CCSC1. The normalized spacial score (nSPS) is 26.8. The molecule has 1 atom stereocenters. The first kappa shape index (κ1) is 9.93. The van der Waals surface area contributed by atoms with Gasteiger partial charge in [-0.05, 0) is 24.3 Å². The van der Waals surface area contributed by atoms with E-state index in [0.29, 0.717) is 12.2 Å². The molecule has 1 fully saturated rings. The second-order valence-electron chi connectivity index (χ2n) is 3.43. The molecule has 1 N–H and O–H groups in total. The Morgan fingerprint density at radius 1 is 1.29 bits per heavy atom. The van der Waals surface area contributed by atoms with Crippen molar-refractivity contribution in [3.63, 3.8) is 0 Å². The Hall–Kier alpha value is -0.610. The van der Waals surface area contributed by atoms with Gasteiger partial charge < -0.3 is 5.11 Å². The van der Waals surface area contributed by atoms with Crippen LogP contribution in [0.25, 0.3) is 0 Å². The molecule has 14 heavy (non-hydrogen) atoms. The van der Waals surface area contributed by atoms with E-state index in [1.54, 1.807) is 0 Å². The van der Waals surface area contributed by atoms with Gasteiger partial charge in [0.2, 0.25) is 0 Å². The quantitative estimate of drug-likeness (QED) is 0.777. The van der Waals surface area contributed by atoms with Gasteiger partial charge in [-0.1, -0.05) is 6.07 Å². The number of hydrogen-bond acceptors (Lipinski definition) is 2. The number of benzene rings is 1. The monoisotopic (exact) mass is 216 g/mol. The van der Waals surface area contributed by atoms with E-state index in [4.69, 9.17) is 0 Å². The molecule has 1 heterocycles. The minimum absolute atomic E-state index is 0.176. The molecule has 0 bridgehead atoms. The second kappa shape index (κ2) is 3.51. The van der Waals surface area contributed by atoms with E-state index >= 15 is 0 Å². The largest absolute Gasteiger partial charge is 0.384 e. The topological polar surface area (TPSA) is 20.2 Å². The number of rotatable bonds is 1. The van der Waals surface area contributed by atoms with Crippen molar-refractivity contribution in [2.45, 2.75) is 12.0 Å². The van der Waals surface area contributed by atoms with Gasteiger partial charge in [-0.15, -0.1) is 0 Å². The van der Waals surface area contributed by atoms with Crippen LogP contribution in [0.15, 0.2) is 18.2 Å². The van der Waals surface area contributed by atoms with E-state index in [0.717, 1.165) is 5.75 Å². The van der Waals surface area contributed by atoms with Gasteiger partial charge in [0.25, 0.3) is 0 Å². The van der Waals surface area contributed by atoms with Crippen LogP contribution in [0.2, 0.25) is 0 Å². The van der Waals surface area contributed by atoms with Crippen molar-refractivity contribution < 1.29 is 13.9 Å². The molecule has 1 unspecified atom stereocenters. The molecule has 0 amide bonds. The third kappa shape index (κ3) is 1.53. The third-order valence-corrected chi connectivity index (χ3v) is 3.60. The molecule has 1 aromatic rings. The highest BCUT2D eigenvalue weighted by Crippen LogP contribution is 2.38. The van der Waals surface area contributed by atoms with Gasteiger partial charge in [0, 0.05) is 5.75 Å². The zero-order valence-electron chi connectivity index (χ0n) is 7.46.